The fourth-order valence-corrected chi connectivity index (χ4v) is 4.13. The number of esters is 1. The van der Waals surface area contributed by atoms with Crippen molar-refractivity contribution in [3.63, 3.8) is 0 Å². The molecule has 0 aliphatic heterocycles. The number of amides is 2. The van der Waals surface area contributed by atoms with Crippen LogP contribution in [0.4, 0.5) is 10.1 Å². The van der Waals surface area contributed by atoms with E-state index in [9.17, 15) is 18.8 Å². The van der Waals surface area contributed by atoms with Crippen molar-refractivity contribution in [2.75, 3.05) is 26.1 Å². The molecule has 3 rings (SSSR count). The molecule has 1 heterocycles. The van der Waals surface area contributed by atoms with Crippen molar-refractivity contribution in [2.45, 2.75) is 13.0 Å². The molecular formula is C22H21FN2O5S. The molecule has 1 aromatic heterocycles. The van der Waals surface area contributed by atoms with Crippen LogP contribution in [0, 0.1) is 5.82 Å². The van der Waals surface area contributed by atoms with Gasteiger partial charge in [0.2, 0.25) is 5.91 Å². The van der Waals surface area contributed by atoms with Gasteiger partial charge in [-0.3, -0.25) is 14.4 Å². The number of halogens is 1. The van der Waals surface area contributed by atoms with Crippen molar-refractivity contribution in [3.05, 3.63) is 64.3 Å². The minimum absolute atomic E-state index is 0.0821. The van der Waals surface area contributed by atoms with E-state index in [4.69, 9.17) is 4.74 Å². The summed E-state index contributed by atoms with van der Waals surface area (Å²) in [5.74, 6) is -1.61. The Labute approximate surface area is 182 Å². The Morgan fingerprint density at radius 3 is 2.48 bits per heavy atom. The molecule has 2 aromatic carbocycles. The van der Waals surface area contributed by atoms with Gasteiger partial charge in [0, 0.05) is 28.4 Å². The smallest absolute Gasteiger partial charge is 0.325 e. The summed E-state index contributed by atoms with van der Waals surface area (Å²) in [6, 6.07) is 11.5. The number of hydrogen-bond acceptors (Lipinski definition) is 6. The number of hydrogen-bond donors (Lipinski definition) is 2. The maximum Gasteiger partial charge on any atom is 0.325 e. The van der Waals surface area contributed by atoms with Gasteiger partial charge >= 0.3 is 5.97 Å². The third-order valence-corrected chi connectivity index (χ3v) is 5.69. The topological polar surface area (TPSA) is 93.7 Å². The fraction of sp³-hybridized carbons (Fsp3) is 0.227. The number of rotatable bonds is 8. The highest BCUT2D eigenvalue weighted by atomic mass is 32.1. The van der Waals surface area contributed by atoms with Gasteiger partial charge in [-0.05, 0) is 29.8 Å². The Kier molecular flexibility index (Phi) is 7.32. The SMILES string of the molecule is COCc1c(C(=O)Nc2ccc(CC(=O)NCC(=O)OC)cc2)sc2cccc(F)c12. The lowest BCUT2D eigenvalue weighted by molar-refractivity contribution is -0.141. The van der Waals surface area contributed by atoms with E-state index in [2.05, 4.69) is 15.4 Å². The van der Waals surface area contributed by atoms with E-state index < -0.39 is 11.8 Å². The number of carbonyl (C=O) groups is 3. The van der Waals surface area contributed by atoms with Gasteiger partial charge in [0.25, 0.3) is 5.91 Å². The molecule has 2 amide bonds. The number of thiophene rings is 1. The summed E-state index contributed by atoms with van der Waals surface area (Å²) in [7, 11) is 2.74. The molecular weight excluding hydrogens is 423 g/mol. The lowest BCUT2D eigenvalue weighted by atomic mass is 10.1. The van der Waals surface area contributed by atoms with Crippen LogP contribution in [0.15, 0.2) is 42.5 Å². The minimum Gasteiger partial charge on any atom is -0.468 e. The summed E-state index contributed by atoms with van der Waals surface area (Å²) in [4.78, 5) is 36.2. The van der Waals surface area contributed by atoms with Gasteiger partial charge in [-0.25, -0.2) is 4.39 Å². The minimum atomic E-state index is -0.527. The molecule has 0 atom stereocenters. The predicted octanol–water partition coefficient (Wildman–Crippen LogP) is 3.27. The third-order valence-electron chi connectivity index (χ3n) is 4.49. The molecule has 0 aliphatic rings. The van der Waals surface area contributed by atoms with Crippen molar-refractivity contribution in [2.24, 2.45) is 0 Å². The average Bonchev–Trinajstić information content (AvgIpc) is 3.13. The highest BCUT2D eigenvalue weighted by molar-refractivity contribution is 7.21. The van der Waals surface area contributed by atoms with E-state index in [0.29, 0.717) is 31.8 Å². The van der Waals surface area contributed by atoms with E-state index in [1.54, 1.807) is 36.4 Å². The van der Waals surface area contributed by atoms with Crippen molar-refractivity contribution < 1.29 is 28.2 Å². The largest absolute Gasteiger partial charge is 0.468 e. The summed E-state index contributed by atoms with van der Waals surface area (Å²) in [5, 5.41) is 5.65. The zero-order valence-electron chi connectivity index (χ0n) is 17.0. The van der Waals surface area contributed by atoms with Crippen molar-refractivity contribution in [1.82, 2.24) is 5.32 Å². The van der Waals surface area contributed by atoms with Gasteiger partial charge in [-0.1, -0.05) is 18.2 Å². The lowest BCUT2D eigenvalue weighted by Gasteiger charge is -2.08. The maximum atomic E-state index is 14.3. The van der Waals surface area contributed by atoms with E-state index in [0.717, 1.165) is 0 Å². The second kappa shape index (κ2) is 10.1. The lowest BCUT2D eigenvalue weighted by Crippen LogP contribution is -2.31. The summed E-state index contributed by atoms with van der Waals surface area (Å²) in [5.41, 5.74) is 1.76. The molecule has 0 fully saturated rings. The summed E-state index contributed by atoms with van der Waals surface area (Å²) in [6.07, 6.45) is 0.0821. The molecule has 7 nitrogen and oxygen atoms in total. The predicted molar refractivity (Wildman–Crippen MR) is 116 cm³/mol. The zero-order chi connectivity index (χ0) is 22.4. The average molecular weight is 444 g/mol. The van der Waals surface area contributed by atoms with Crippen LogP contribution >= 0.6 is 11.3 Å². The number of fused-ring (bicyclic) bond motifs is 1. The first-order valence-corrected chi connectivity index (χ1v) is 10.2. The van der Waals surface area contributed by atoms with Crippen LogP contribution in [0.25, 0.3) is 10.1 Å². The van der Waals surface area contributed by atoms with E-state index >= 15 is 0 Å². The molecule has 2 N–H and O–H groups in total. The molecule has 0 unspecified atom stereocenters. The molecule has 0 spiro atoms. The Morgan fingerprint density at radius 2 is 1.81 bits per heavy atom. The highest BCUT2D eigenvalue weighted by Gasteiger charge is 2.21. The van der Waals surface area contributed by atoms with Crippen LogP contribution < -0.4 is 10.6 Å². The van der Waals surface area contributed by atoms with Crippen molar-refractivity contribution in [3.8, 4) is 0 Å². The highest BCUT2D eigenvalue weighted by Crippen LogP contribution is 2.34. The first-order valence-electron chi connectivity index (χ1n) is 9.35. The van der Waals surface area contributed by atoms with E-state index in [-0.39, 0.29) is 31.4 Å². The second-order valence-electron chi connectivity index (χ2n) is 6.64. The van der Waals surface area contributed by atoms with Gasteiger partial charge < -0.3 is 20.1 Å². The summed E-state index contributed by atoms with van der Waals surface area (Å²) in [6.45, 7) is -0.0770. The number of anilines is 1. The molecule has 162 valence electrons. The van der Waals surface area contributed by atoms with E-state index in [1.165, 1.54) is 31.6 Å². The van der Waals surface area contributed by atoms with Gasteiger partial charge in [-0.15, -0.1) is 11.3 Å². The number of nitrogens with one attached hydrogen (secondary N) is 2. The second-order valence-corrected chi connectivity index (χ2v) is 7.69. The number of methoxy groups -OCH3 is 2. The summed E-state index contributed by atoms with van der Waals surface area (Å²) < 4.78 is 24.6. The van der Waals surface area contributed by atoms with Gasteiger partial charge in [-0.2, -0.15) is 0 Å². The van der Waals surface area contributed by atoms with Crippen LogP contribution in [-0.4, -0.2) is 38.5 Å². The quantitative estimate of drug-likeness (QED) is 0.520. The van der Waals surface area contributed by atoms with Crippen LogP contribution in [-0.2, 0) is 32.1 Å². The summed E-state index contributed by atoms with van der Waals surface area (Å²) >= 11 is 1.20. The van der Waals surface area contributed by atoms with Gasteiger partial charge in [0.05, 0.1) is 25.0 Å². The third kappa shape index (κ3) is 5.44. The number of ether oxygens (including phenoxy) is 2. The molecule has 31 heavy (non-hydrogen) atoms. The first-order chi connectivity index (χ1) is 14.9. The molecule has 9 heteroatoms. The van der Waals surface area contributed by atoms with Crippen LogP contribution in [0.2, 0.25) is 0 Å². The van der Waals surface area contributed by atoms with Crippen LogP contribution in [0.5, 0.6) is 0 Å². The number of carbonyl (C=O) groups excluding carboxylic acids is 3. The Bertz CT molecular complexity index is 1110. The molecule has 0 bridgehead atoms. The van der Waals surface area contributed by atoms with Crippen molar-refractivity contribution in [1.29, 1.82) is 0 Å². The number of benzene rings is 2. The van der Waals surface area contributed by atoms with E-state index in [1.807, 2.05) is 0 Å². The van der Waals surface area contributed by atoms with Crippen LogP contribution in [0.1, 0.15) is 20.8 Å². The zero-order valence-corrected chi connectivity index (χ0v) is 17.8. The normalized spacial score (nSPS) is 10.7. The maximum absolute atomic E-state index is 14.3. The fourth-order valence-electron chi connectivity index (χ4n) is 3.02. The standard InChI is InChI=1S/C22H21FN2O5S/c1-29-12-15-20-16(23)4-3-5-17(20)31-21(15)22(28)25-14-8-6-13(7-9-14)10-18(26)24-11-19(27)30-2/h3-9H,10-12H2,1-2H3,(H,24,26)(H,25,28). The van der Waals surface area contributed by atoms with Crippen LogP contribution in [0.3, 0.4) is 0 Å². The molecule has 0 aliphatic carbocycles. The Hall–Kier alpha value is -3.30. The van der Waals surface area contributed by atoms with Gasteiger partial charge in [0.15, 0.2) is 0 Å². The first kappa shape index (κ1) is 22.4. The van der Waals surface area contributed by atoms with Gasteiger partial charge in [0.1, 0.15) is 12.4 Å². The molecule has 0 saturated carbocycles. The monoisotopic (exact) mass is 444 g/mol. The Morgan fingerprint density at radius 1 is 1.06 bits per heavy atom. The molecule has 0 radical (unpaired) electrons. The molecule has 0 saturated heterocycles. The van der Waals surface area contributed by atoms with Crippen molar-refractivity contribution >= 4 is 44.9 Å². The molecule has 3 aromatic rings. The Balaban J connectivity index is 1.70.